The summed E-state index contributed by atoms with van der Waals surface area (Å²) in [6.07, 6.45) is 0.142. The van der Waals surface area contributed by atoms with E-state index in [1.54, 1.807) is 12.1 Å². The van der Waals surface area contributed by atoms with E-state index in [4.69, 9.17) is 33.9 Å². The molecule has 0 aromatic heterocycles. The van der Waals surface area contributed by atoms with E-state index in [0.29, 0.717) is 10.0 Å². The van der Waals surface area contributed by atoms with Gasteiger partial charge in [-0.05, 0) is 68.9 Å². The first-order chi connectivity index (χ1) is 18.1. The number of nitrogens with zero attached hydrogens (tertiary/aromatic N) is 3. The molecule has 1 atom stereocenters. The number of nitrogens with two attached hydrogens (primary N) is 1. The molecule has 3 aromatic carbocycles. The molecule has 1 amide bonds. The van der Waals surface area contributed by atoms with Crippen LogP contribution in [0.3, 0.4) is 0 Å². The molecule has 0 radical (unpaired) electrons. The Bertz CT molecular complexity index is 1210. The van der Waals surface area contributed by atoms with Gasteiger partial charge in [0.05, 0.1) is 0 Å². The van der Waals surface area contributed by atoms with Crippen molar-refractivity contribution in [2.75, 3.05) is 32.5 Å². The molecule has 0 heterocycles. The van der Waals surface area contributed by atoms with Crippen LogP contribution in [0, 0.1) is 0 Å². The second-order valence-corrected chi connectivity index (χ2v) is 10.7. The molecule has 3 N–H and O–H groups in total. The number of amides is 1. The molecule has 1 unspecified atom stereocenters. The minimum Gasteiger partial charge on any atom is -0.370 e. The third-order valence-electron chi connectivity index (χ3n) is 6.03. The average molecular weight is 555 g/mol. The summed E-state index contributed by atoms with van der Waals surface area (Å²) in [5.74, 6) is 0.143. The van der Waals surface area contributed by atoms with Crippen LogP contribution in [0.4, 0.5) is 5.69 Å². The van der Waals surface area contributed by atoms with Crippen molar-refractivity contribution in [3.8, 4) is 0 Å². The van der Waals surface area contributed by atoms with Gasteiger partial charge in [-0.3, -0.25) is 9.79 Å². The molecule has 0 aliphatic carbocycles. The van der Waals surface area contributed by atoms with Crippen LogP contribution in [0.1, 0.15) is 42.9 Å². The Kier molecular flexibility index (Phi) is 11.0. The quantitative estimate of drug-likeness (QED) is 0.217. The second-order valence-electron chi connectivity index (χ2n) is 9.89. The zero-order valence-electron chi connectivity index (χ0n) is 22.5. The van der Waals surface area contributed by atoms with Gasteiger partial charge in [-0.2, -0.15) is 0 Å². The number of guanidine groups is 1. The Morgan fingerprint density at radius 2 is 1.66 bits per heavy atom. The largest absolute Gasteiger partial charge is 0.370 e. The number of rotatable bonds is 11. The molecule has 0 spiro atoms. The minimum atomic E-state index is -0.396. The number of aliphatic imine (C=N–C) groups is 1. The second kappa shape index (κ2) is 14.2. The lowest BCUT2D eigenvalue weighted by molar-refractivity contribution is -0.118. The van der Waals surface area contributed by atoms with Crippen molar-refractivity contribution >= 4 is 40.8 Å². The first-order valence-corrected chi connectivity index (χ1v) is 13.5. The van der Waals surface area contributed by atoms with E-state index in [1.165, 1.54) is 5.56 Å². The smallest absolute Gasteiger partial charge is 0.218 e. The Labute approximate surface area is 236 Å². The molecule has 0 aliphatic rings. The van der Waals surface area contributed by atoms with Crippen molar-refractivity contribution in [2.24, 2.45) is 10.7 Å². The van der Waals surface area contributed by atoms with Crippen LogP contribution in [0.15, 0.2) is 77.8 Å². The fraction of sp³-hybridized carbons (Fsp3) is 0.333. The highest BCUT2D eigenvalue weighted by Crippen LogP contribution is 2.35. The fourth-order valence-electron chi connectivity index (χ4n) is 4.14. The predicted octanol–water partition coefficient (Wildman–Crippen LogP) is 6.24. The van der Waals surface area contributed by atoms with E-state index in [2.05, 4.69) is 67.3 Å². The lowest BCUT2D eigenvalue weighted by Crippen LogP contribution is -2.40. The number of nitrogens with one attached hydrogen (secondary N) is 1. The first-order valence-electron chi connectivity index (χ1n) is 12.7. The summed E-state index contributed by atoms with van der Waals surface area (Å²) in [7, 11) is 4.14. The lowest BCUT2D eigenvalue weighted by atomic mass is 9.88. The monoisotopic (exact) mass is 553 g/mol. The Hall–Kier alpha value is -3.06. The van der Waals surface area contributed by atoms with Gasteiger partial charge in [0, 0.05) is 53.7 Å². The van der Waals surface area contributed by atoms with Gasteiger partial charge in [0.15, 0.2) is 5.96 Å². The molecular formula is C30H37Cl2N5O. The lowest BCUT2D eigenvalue weighted by Gasteiger charge is -2.29. The van der Waals surface area contributed by atoms with Crippen LogP contribution in [-0.2, 0) is 11.3 Å². The molecule has 0 bridgehead atoms. The van der Waals surface area contributed by atoms with Gasteiger partial charge in [-0.1, -0.05) is 71.7 Å². The highest BCUT2D eigenvalue weighted by molar-refractivity contribution is 6.35. The van der Waals surface area contributed by atoms with Gasteiger partial charge < -0.3 is 20.9 Å². The number of halogens is 2. The van der Waals surface area contributed by atoms with Crippen LogP contribution < -0.4 is 11.1 Å². The zero-order valence-corrected chi connectivity index (χ0v) is 24.0. The highest BCUT2D eigenvalue weighted by Gasteiger charge is 2.20. The molecule has 0 saturated heterocycles. The summed E-state index contributed by atoms with van der Waals surface area (Å²) in [6.45, 7) is 6.58. The summed E-state index contributed by atoms with van der Waals surface area (Å²) in [5.41, 5.74) is 9.46. The molecule has 0 fully saturated rings. The Morgan fingerprint density at radius 3 is 2.24 bits per heavy atom. The number of primary amides is 1. The molecule has 6 nitrogen and oxygen atoms in total. The number of carbonyl (C=O) groups excluding carboxylic acids is 1. The standard InChI is InChI=1S/C30H37Cl2N5O/c1-21(2)34-30(37(17-16-36(3)4)20-22-8-6-5-7-9-22)35-25-13-10-23(11-14-25)27(19-29(33)38)26-15-12-24(31)18-28(26)32/h5-15,18,21,27H,16-17,19-20H2,1-4H3,(H2,33,38)(H,34,35). The van der Waals surface area contributed by atoms with Crippen LogP contribution >= 0.6 is 23.2 Å². The first kappa shape index (κ1) is 29.5. The summed E-state index contributed by atoms with van der Waals surface area (Å²) < 4.78 is 0. The minimum absolute atomic E-state index is 0.112. The fourth-order valence-corrected chi connectivity index (χ4v) is 4.68. The molecular weight excluding hydrogens is 517 g/mol. The molecule has 3 aromatic rings. The van der Waals surface area contributed by atoms with E-state index in [9.17, 15) is 4.79 Å². The summed E-state index contributed by atoms with van der Waals surface area (Å²) >= 11 is 12.6. The maximum Gasteiger partial charge on any atom is 0.218 e. The number of carbonyl (C=O) groups is 1. The molecule has 0 saturated carbocycles. The van der Waals surface area contributed by atoms with Crippen LogP contribution in [-0.4, -0.2) is 54.9 Å². The Morgan fingerprint density at radius 1 is 0.974 bits per heavy atom. The van der Waals surface area contributed by atoms with E-state index < -0.39 is 5.91 Å². The number of hydrogen-bond acceptors (Lipinski definition) is 3. The van der Waals surface area contributed by atoms with Crippen molar-refractivity contribution in [3.05, 3.63) is 99.5 Å². The molecule has 202 valence electrons. The van der Waals surface area contributed by atoms with Crippen molar-refractivity contribution in [3.63, 3.8) is 0 Å². The van der Waals surface area contributed by atoms with Gasteiger partial charge >= 0.3 is 0 Å². The van der Waals surface area contributed by atoms with Gasteiger partial charge in [0.1, 0.15) is 0 Å². The van der Waals surface area contributed by atoms with Gasteiger partial charge in [-0.15, -0.1) is 0 Å². The van der Waals surface area contributed by atoms with Crippen LogP contribution in [0.25, 0.3) is 0 Å². The predicted molar refractivity (Wildman–Crippen MR) is 160 cm³/mol. The SMILES string of the molecule is CC(C)N=C(Nc1ccc(C(CC(N)=O)c2ccc(Cl)cc2Cl)cc1)N(CCN(C)C)Cc1ccccc1. The van der Waals surface area contributed by atoms with Crippen molar-refractivity contribution in [1.82, 2.24) is 9.80 Å². The average Bonchev–Trinajstić information content (AvgIpc) is 2.86. The number of likely N-dealkylation sites (N-methyl/N-ethyl adjacent to an activating group) is 1. The van der Waals surface area contributed by atoms with Gasteiger partial charge in [0.25, 0.3) is 0 Å². The van der Waals surface area contributed by atoms with E-state index in [1.807, 2.05) is 36.4 Å². The summed E-state index contributed by atoms with van der Waals surface area (Å²) in [5, 5.41) is 4.60. The number of anilines is 1. The van der Waals surface area contributed by atoms with Crippen molar-refractivity contribution in [1.29, 1.82) is 0 Å². The maximum atomic E-state index is 11.9. The Balaban J connectivity index is 1.89. The number of hydrogen-bond donors (Lipinski definition) is 2. The van der Waals surface area contributed by atoms with Crippen LogP contribution in [0.5, 0.6) is 0 Å². The van der Waals surface area contributed by atoms with Gasteiger partial charge in [0.2, 0.25) is 5.91 Å². The normalized spacial score (nSPS) is 12.6. The number of benzene rings is 3. The summed E-state index contributed by atoms with van der Waals surface area (Å²) in [6, 6.07) is 23.8. The van der Waals surface area contributed by atoms with Crippen molar-refractivity contribution < 1.29 is 4.79 Å². The van der Waals surface area contributed by atoms with E-state index >= 15 is 0 Å². The van der Waals surface area contributed by atoms with E-state index in [-0.39, 0.29) is 18.4 Å². The molecule has 38 heavy (non-hydrogen) atoms. The van der Waals surface area contributed by atoms with Gasteiger partial charge in [-0.25, -0.2) is 0 Å². The third-order valence-corrected chi connectivity index (χ3v) is 6.59. The highest BCUT2D eigenvalue weighted by atomic mass is 35.5. The van der Waals surface area contributed by atoms with Crippen molar-refractivity contribution in [2.45, 2.75) is 38.8 Å². The zero-order chi connectivity index (χ0) is 27.7. The molecule has 3 rings (SSSR count). The van der Waals surface area contributed by atoms with Crippen LogP contribution in [0.2, 0.25) is 10.0 Å². The molecule has 8 heteroatoms. The summed E-state index contributed by atoms with van der Waals surface area (Å²) in [4.78, 5) is 21.3. The van der Waals surface area contributed by atoms with E-state index in [0.717, 1.165) is 42.4 Å². The third kappa shape index (κ3) is 9.05. The topological polar surface area (TPSA) is 74.0 Å². The maximum absolute atomic E-state index is 11.9. The molecule has 0 aliphatic heterocycles.